The van der Waals surface area contributed by atoms with Crippen LogP contribution in [0, 0.1) is 5.82 Å². The highest BCUT2D eigenvalue weighted by molar-refractivity contribution is 5.88. The Balaban J connectivity index is 1.78. The number of nitrogens with zero attached hydrogens (tertiary/aromatic N) is 3. The summed E-state index contributed by atoms with van der Waals surface area (Å²) in [5.41, 5.74) is 2.17. The minimum absolute atomic E-state index is 0.168. The molecule has 0 N–H and O–H groups in total. The molecule has 4 nitrogen and oxygen atoms in total. The zero-order chi connectivity index (χ0) is 14.9. The highest BCUT2D eigenvalue weighted by atomic mass is 19.1. The Kier molecular flexibility index (Phi) is 2.96. The molecule has 108 valence electrons. The van der Waals surface area contributed by atoms with Crippen LogP contribution in [0.25, 0.3) is 16.6 Å². The van der Waals surface area contributed by atoms with E-state index in [1.807, 2.05) is 34.7 Å². The molecule has 0 saturated heterocycles. The first-order chi connectivity index (χ1) is 10.8. The molecule has 0 fully saturated rings. The molecular weight excluding hydrogens is 281 g/mol. The Morgan fingerprint density at radius 1 is 1.05 bits per heavy atom. The molecule has 0 amide bonds. The van der Waals surface area contributed by atoms with Crippen LogP contribution in [0.1, 0.15) is 5.56 Å². The van der Waals surface area contributed by atoms with Crippen molar-refractivity contribution in [1.29, 1.82) is 0 Å². The van der Waals surface area contributed by atoms with E-state index in [1.54, 1.807) is 24.5 Å². The minimum Gasteiger partial charge on any atom is -0.488 e. The standard InChI is InChI=1S/C17H12FN3O/c18-14-7-3-1-5-12(14)10-22-16-9-17-20-19-11-21(17)15-8-4-2-6-13(15)16/h1-9,11H,10H2. The van der Waals surface area contributed by atoms with E-state index in [4.69, 9.17) is 4.74 Å². The van der Waals surface area contributed by atoms with Gasteiger partial charge in [0, 0.05) is 17.0 Å². The lowest BCUT2D eigenvalue weighted by Gasteiger charge is -2.11. The second-order valence-electron chi connectivity index (χ2n) is 4.96. The Hall–Kier alpha value is -2.95. The van der Waals surface area contributed by atoms with Gasteiger partial charge in [0.1, 0.15) is 24.5 Å². The Morgan fingerprint density at radius 3 is 2.77 bits per heavy atom. The van der Waals surface area contributed by atoms with Crippen molar-refractivity contribution in [3.05, 3.63) is 72.3 Å². The Morgan fingerprint density at radius 2 is 1.86 bits per heavy atom. The van der Waals surface area contributed by atoms with E-state index >= 15 is 0 Å². The molecule has 2 heterocycles. The first-order valence-electron chi connectivity index (χ1n) is 6.90. The zero-order valence-corrected chi connectivity index (χ0v) is 11.6. The number of pyridine rings is 1. The number of fused-ring (bicyclic) bond motifs is 3. The van der Waals surface area contributed by atoms with Crippen LogP contribution in [0.2, 0.25) is 0 Å². The lowest BCUT2D eigenvalue weighted by molar-refractivity contribution is 0.303. The van der Waals surface area contributed by atoms with Gasteiger partial charge in [-0.15, -0.1) is 10.2 Å². The van der Waals surface area contributed by atoms with Gasteiger partial charge in [0.2, 0.25) is 0 Å². The third-order valence-electron chi connectivity index (χ3n) is 3.60. The van der Waals surface area contributed by atoms with Crippen LogP contribution in [0.15, 0.2) is 60.9 Å². The number of aromatic nitrogens is 3. The fourth-order valence-electron chi connectivity index (χ4n) is 2.51. The van der Waals surface area contributed by atoms with E-state index < -0.39 is 0 Å². The molecule has 0 aliphatic heterocycles. The number of para-hydroxylation sites is 1. The predicted molar refractivity (Wildman–Crippen MR) is 81.2 cm³/mol. The summed E-state index contributed by atoms with van der Waals surface area (Å²) in [5, 5.41) is 8.92. The summed E-state index contributed by atoms with van der Waals surface area (Å²) in [4.78, 5) is 0. The zero-order valence-electron chi connectivity index (χ0n) is 11.6. The van der Waals surface area contributed by atoms with Gasteiger partial charge >= 0.3 is 0 Å². The molecule has 0 atom stereocenters. The van der Waals surface area contributed by atoms with Gasteiger partial charge in [-0.05, 0) is 18.2 Å². The SMILES string of the molecule is Fc1ccccc1COc1cc2nncn2c2ccccc12. The summed E-state index contributed by atoms with van der Waals surface area (Å²) in [7, 11) is 0. The first-order valence-corrected chi connectivity index (χ1v) is 6.90. The lowest BCUT2D eigenvalue weighted by atomic mass is 10.2. The maximum atomic E-state index is 13.7. The molecule has 4 rings (SSSR count). The number of ether oxygens (including phenoxy) is 1. The van der Waals surface area contributed by atoms with Crippen molar-refractivity contribution in [1.82, 2.24) is 14.6 Å². The van der Waals surface area contributed by atoms with E-state index in [9.17, 15) is 4.39 Å². The van der Waals surface area contributed by atoms with Gasteiger partial charge < -0.3 is 4.74 Å². The minimum atomic E-state index is -0.268. The fraction of sp³-hybridized carbons (Fsp3) is 0.0588. The lowest BCUT2D eigenvalue weighted by Crippen LogP contribution is -2.00. The molecule has 0 aliphatic carbocycles. The smallest absolute Gasteiger partial charge is 0.164 e. The van der Waals surface area contributed by atoms with Crippen molar-refractivity contribution in [2.24, 2.45) is 0 Å². The quantitative estimate of drug-likeness (QED) is 0.579. The van der Waals surface area contributed by atoms with Crippen LogP contribution in [-0.4, -0.2) is 14.6 Å². The summed E-state index contributed by atoms with van der Waals surface area (Å²) >= 11 is 0. The topological polar surface area (TPSA) is 39.4 Å². The highest BCUT2D eigenvalue weighted by Crippen LogP contribution is 2.28. The highest BCUT2D eigenvalue weighted by Gasteiger charge is 2.09. The normalized spacial score (nSPS) is 11.1. The first kappa shape index (κ1) is 12.8. The maximum Gasteiger partial charge on any atom is 0.164 e. The number of hydrogen-bond donors (Lipinski definition) is 0. The Bertz CT molecular complexity index is 964. The van der Waals surface area contributed by atoms with E-state index in [1.165, 1.54) is 6.07 Å². The average Bonchev–Trinajstić information content (AvgIpc) is 3.02. The molecule has 0 saturated carbocycles. The summed E-state index contributed by atoms with van der Waals surface area (Å²) in [6, 6.07) is 16.2. The van der Waals surface area contributed by atoms with Gasteiger partial charge in [-0.1, -0.05) is 30.3 Å². The maximum absolute atomic E-state index is 13.7. The molecular formula is C17H12FN3O. The third-order valence-corrected chi connectivity index (χ3v) is 3.60. The summed E-state index contributed by atoms with van der Waals surface area (Å²) < 4.78 is 21.4. The number of rotatable bonds is 3. The number of halogens is 1. The van der Waals surface area contributed by atoms with Gasteiger partial charge in [-0.3, -0.25) is 4.40 Å². The molecule has 0 radical (unpaired) electrons. The predicted octanol–water partition coefficient (Wildman–Crippen LogP) is 3.60. The van der Waals surface area contributed by atoms with E-state index in [0.717, 1.165) is 10.9 Å². The van der Waals surface area contributed by atoms with Crippen molar-refractivity contribution in [3.8, 4) is 5.75 Å². The molecule has 2 aromatic heterocycles. The van der Waals surface area contributed by atoms with Crippen LogP contribution in [0.5, 0.6) is 5.75 Å². The van der Waals surface area contributed by atoms with Crippen molar-refractivity contribution in [2.75, 3.05) is 0 Å². The second-order valence-corrected chi connectivity index (χ2v) is 4.96. The van der Waals surface area contributed by atoms with Crippen LogP contribution in [-0.2, 0) is 6.61 Å². The van der Waals surface area contributed by atoms with Gasteiger partial charge in [0.25, 0.3) is 0 Å². The molecule has 4 aromatic rings. The number of hydrogen-bond acceptors (Lipinski definition) is 3. The fourth-order valence-corrected chi connectivity index (χ4v) is 2.51. The van der Waals surface area contributed by atoms with Gasteiger partial charge in [0.15, 0.2) is 5.65 Å². The average molecular weight is 293 g/mol. The summed E-state index contributed by atoms with van der Waals surface area (Å²) in [6.07, 6.45) is 1.66. The molecule has 0 bridgehead atoms. The summed E-state index contributed by atoms with van der Waals surface area (Å²) in [5.74, 6) is 0.398. The Labute approximate surface area is 125 Å². The molecule has 0 aliphatic rings. The second kappa shape index (κ2) is 5.11. The van der Waals surface area contributed by atoms with Crippen LogP contribution < -0.4 is 4.74 Å². The third kappa shape index (κ3) is 2.07. The van der Waals surface area contributed by atoms with Crippen molar-refractivity contribution in [2.45, 2.75) is 6.61 Å². The van der Waals surface area contributed by atoms with E-state index in [0.29, 0.717) is 17.0 Å². The van der Waals surface area contributed by atoms with Crippen LogP contribution in [0.3, 0.4) is 0 Å². The molecule has 2 aromatic carbocycles. The van der Waals surface area contributed by atoms with Crippen LogP contribution >= 0.6 is 0 Å². The van der Waals surface area contributed by atoms with Gasteiger partial charge in [-0.2, -0.15) is 0 Å². The summed E-state index contributed by atoms with van der Waals surface area (Å²) in [6.45, 7) is 0.168. The van der Waals surface area contributed by atoms with Crippen LogP contribution in [0.4, 0.5) is 4.39 Å². The molecule has 5 heteroatoms. The molecule has 22 heavy (non-hydrogen) atoms. The van der Waals surface area contributed by atoms with E-state index in [2.05, 4.69) is 10.2 Å². The number of benzene rings is 2. The molecule has 0 spiro atoms. The molecule has 0 unspecified atom stereocenters. The van der Waals surface area contributed by atoms with Crippen molar-refractivity contribution in [3.63, 3.8) is 0 Å². The largest absolute Gasteiger partial charge is 0.488 e. The van der Waals surface area contributed by atoms with Gasteiger partial charge in [-0.25, -0.2) is 4.39 Å². The monoisotopic (exact) mass is 293 g/mol. The van der Waals surface area contributed by atoms with Crippen molar-refractivity contribution >= 4 is 16.6 Å². The van der Waals surface area contributed by atoms with Gasteiger partial charge in [0.05, 0.1) is 5.52 Å². The van der Waals surface area contributed by atoms with E-state index in [-0.39, 0.29) is 12.4 Å². The van der Waals surface area contributed by atoms with Crippen molar-refractivity contribution < 1.29 is 9.13 Å².